The van der Waals surface area contributed by atoms with Crippen molar-refractivity contribution < 1.29 is 8.78 Å². The smallest absolute Gasteiger partial charge is 0.142 e. The Morgan fingerprint density at radius 2 is 2.00 bits per heavy atom. The lowest BCUT2D eigenvalue weighted by Crippen LogP contribution is -2.30. The van der Waals surface area contributed by atoms with E-state index in [1.54, 1.807) is 18.5 Å². The van der Waals surface area contributed by atoms with E-state index in [0.717, 1.165) is 17.7 Å². The largest absolute Gasteiger partial charge is 0.271 e. The van der Waals surface area contributed by atoms with E-state index < -0.39 is 17.7 Å². The van der Waals surface area contributed by atoms with Crippen molar-refractivity contribution in [2.24, 2.45) is 5.84 Å². The summed E-state index contributed by atoms with van der Waals surface area (Å²) >= 11 is 5.53. The summed E-state index contributed by atoms with van der Waals surface area (Å²) in [5.41, 5.74) is 4.10. The second kappa shape index (κ2) is 5.61. The highest BCUT2D eigenvalue weighted by molar-refractivity contribution is 6.30. The molecule has 1 aromatic carbocycles. The molecule has 2 rings (SSSR count). The minimum Gasteiger partial charge on any atom is -0.271 e. The Labute approximate surface area is 114 Å². The van der Waals surface area contributed by atoms with Crippen molar-refractivity contribution in [1.29, 1.82) is 0 Å². The van der Waals surface area contributed by atoms with Crippen molar-refractivity contribution in [3.8, 4) is 0 Å². The van der Waals surface area contributed by atoms with Crippen LogP contribution >= 0.6 is 11.6 Å². The molecule has 0 spiro atoms. The second-order valence-electron chi connectivity index (χ2n) is 4.12. The first-order valence-electron chi connectivity index (χ1n) is 5.55. The second-order valence-corrected chi connectivity index (χ2v) is 4.53. The molecule has 0 saturated carbocycles. The van der Waals surface area contributed by atoms with Crippen molar-refractivity contribution in [2.45, 2.75) is 13.0 Å². The third kappa shape index (κ3) is 2.73. The Bertz CT molecular complexity index is 604. The summed E-state index contributed by atoms with van der Waals surface area (Å²) < 4.78 is 27.4. The van der Waals surface area contributed by atoms with Crippen LogP contribution in [0.2, 0.25) is 5.02 Å². The summed E-state index contributed by atoms with van der Waals surface area (Å²) in [5, 5.41) is -0.264. The van der Waals surface area contributed by atoms with Crippen LogP contribution in [0.1, 0.15) is 22.7 Å². The van der Waals surface area contributed by atoms with E-state index >= 15 is 0 Å². The maximum Gasteiger partial charge on any atom is 0.142 e. The number of nitrogens with two attached hydrogens (primary N) is 1. The highest BCUT2D eigenvalue weighted by Crippen LogP contribution is 2.28. The molecule has 19 heavy (non-hydrogen) atoms. The number of aromatic nitrogens is 1. The summed E-state index contributed by atoms with van der Waals surface area (Å²) in [6, 6.07) is 3.04. The predicted molar refractivity (Wildman–Crippen MR) is 69.5 cm³/mol. The quantitative estimate of drug-likeness (QED) is 0.517. The molecule has 3 nitrogen and oxygen atoms in total. The van der Waals surface area contributed by atoms with Gasteiger partial charge in [-0.15, -0.1) is 0 Å². The van der Waals surface area contributed by atoms with Gasteiger partial charge in [0.1, 0.15) is 11.6 Å². The van der Waals surface area contributed by atoms with Gasteiger partial charge < -0.3 is 0 Å². The molecule has 0 aliphatic carbocycles. The zero-order chi connectivity index (χ0) is 14.0. The molecule has 0 saturated heterocycles. The minimum atomic E-state index is -0.695. The first kappa shape index (κ1) is 13.9. The third-order valence-corrected chi connectivity index (χ3v) is 3.20. The number of halogens is 3. The SMILES string of the molecule is Cc1ccncc1C(NN)c1cc(F)c(Cl)cc1F. The Balaban J connectivity index is 2.55. The molecule has 2 aromatic rings. The van der Waals surface area contributed by atoms with Crippen molar-refractivity contribution in [3.63, 3.8) is 0 Å². The number of benzene rings is 1. The van der Waals surface area contributed by atoms with Gasteiger partial charge in [0.25, 0.3) is 0 Å². The van der Waals surface area contributed by atoms with Crippen LogP contribution in [-0.2, 0) is 0 Å². The van der Waals surface area contributed by atoms with Gasteiger partial charge in [0.2, 0.25) is 0 Å². The van der Waals surface area contributed by atoms with E-state index in [1.165, 1.54) is 0 Å². The Kier molecular flexibility index (Phi) is 4.09. The molecule has 0 radical (unpaired) electrons. The highest BCUT2D eigenvalue weighted by atomic mass is 35.5. The van der Waals surface area contributed by atoms with Crippen LogP contribution < -0.4 is 11.3 Å². The number of hydrogen-bond acceptors (Lipinski definition) is 3. The van der Waals surface area contributed by atoms with E-state index in [2.05, 4.69) is 10.4 Å². The lowest BCUT2D eigenvalue weighted by Gasteiger charge is -2.19. The summed E-state index contributed by atoms with van der Waals surface area (Å²) in [5.74, 6) is 4.14. The average Bonchev–Trinajstić information content (AvgIpc) is 2.38. The maximum atomic E-state index is 13.9. The number of hydrazine groups is 1. The number of nitrogens with one attached hydrogen (secondary N) is 1. The number of aryl methyl sites for hydroxylation is 1. The molecule has 3 N–H and O–H groups in total. The van der Waals surface area contributed by atoms with Gasteiger partial charge in [-0.25, -0.2) is 14.2 Å². The molecule has 1 atom stereocenters. The topological polar surface area (TPSA) is 50.9 Å². The molecule has 0 fully saturated rings. The molecule has 0 aliphatic heterocycles. The zero-order valence-corrected chi connectivity index (χ0v) is 10.9. The van der Waals surface area contributed by atoms with Gasteiger partial charge in [0.15, 0.2) is 0 Å². The molecule has 6 heteroatoms. The van der Waals surface area contributed by atoms with Crippen molar-refractivity contribution in [1.82, 2.24) is 10.4 Å². The minimum absolute atomic E-state index is 0.0838. The molecule has 100 valence electrons. The molecule has 1 aromatic heterocycles. The molecule has 0 bridgehead atoms. The summed E-state index contributed by atoms with van der Waals surface area (Å²) in [7, 11) is 0. The lowest BCUT2D eigenvalue weighted by atomic mass is 9.97. The highest BCUT2D eigenvalue weighted by Gasteiger charge is 2.20. The average molecular weight is 284 g/mol. The summed E-state index contributed by atoms with van der Waals surface area (Å²) in [6.45, 7) is 1.84. The molecule has 0 aliphatic rings. The van der Waals surface area contributed by atoms with Gasteiger partial charge in [-0.1, -0.05) is 11.6 Å². The van der Waals surface area contributed by atoms with Crippen LogP contribution in [0.25, 0.3) is 0 Å². The normalized spacial score (nSPS) is 12.5. The molecule has 1 unspecified atom stereocenters. The summed E-state index contributed by atoms with van der Waals surface area (Å²) in [6.07, 6.45) is 3.18. The Hall–Kier alpha value is -1.56. The van der Waals surface area contributed by atoms with E-state index in [0.29, 0.717) is 5.56 Å². The van der Waals surface area contributed by atoms with Gasteiger partial charge in [0, 0.05) is 18.0 Å². The van der Waals surface area contributed by atoms with Crippen LogP contribution in [0.5, 0.6) is 0 Å². The maximum absolute atomic E-state index is 13.9. The van der Waals surface area contributed by atoms with E-state index in [-0.39, 0.29) is 10.6 Å². The number of hydrogen-bond donors (Lipinski definition) is 2. The fourth-order valence-electron chi connectivity index (χ4n) is 1.88. The number of pyridine rings is 1. The van der Waals surface area contributed by atoms with E-state index in [4.69, 9.17) is 17.4 Å². The predicted octanol–water partition coefficient (Wildman–Crippen LogP) is 2.87. The first-order chi connectivity index (χ1) is 9.04. The van der Waals surface area contributed by atoms with Gasteiger partial charge in [-0.05, 0) is 36.2 Å². The van der Waals surface area contributed by atoms with Gasteiger partial charge >= 0.3 is 0 Å². The van der Waals surface area contributed by atoms with Crippen LogP contribution in [0, 0.1) is 18.6 Å². The van der Waals surface area contributed by atoms with Crippen molar-refractivity contribution >= 4 is 11.6 Å². The van der Waals surface area contributed by atoms with Crippen LogP contribution in [0.4, 0.5) is 8.78 Å². The van der Waals surface area contributed by atoms with Crippen LogP contribution in [0.15, 0.2) is 30.6 Å². The van der Waals surface area contributed by atoms with Gasteiger partial charge in [0.05, 0.1) is 11.1 Å². The lowest BCUT2D eigenvalue weighted by molar-refractivity contribution is 0.544. The zero-order valence-electron chi connectivity index (χ0n) is 10.1. The standard InChI is InChI=1S/C13H12ClF2N3/c1-7-2-3-18-6-9(7)13(19-17)8-4-12(16)10(14)5-11(8)15/h2-6,13,19H,17H2,1H3. The van der Waals surface area contributed by atoms with E-state index in [9.17, 15) is 8.78 Å². The van der Waals surface area contributed by atoms with Crippen LogP contribution in [-0.4, -0.2) is 4.98 Å². The Morgan fingerprint density at radius 3 is 2.63 bits per heavy atom. The molecule has 1 heterocycles. The fourth-order valence-corrected chi connectivity index (χ4v) is 2.04. The third-order valence-electron chi connectivity index (χ3n) is 2.91. The van der Waals surface area contributed by atoms with Crippen molar-refractivity contribution in [2.75, 3.05) is 0 Å². The number of rotatable bonds is 3. The fraction of sp³-hybridized carbons (Fsp3) is 0.154. The monoisotopic (exact) mass is 283 g/mol. The number of nitrogens with zero attached hydrogens (tertiary/aromatic N) is 1. The van der Waals surface area contributed by atoms with Crippen LogP contribution in [0.3, 0.4) is 0 Å². The van der Waals surface area contributed by atoms with Gasteiger partial charge in [-0.2, -0.15) is 0 Å². The Morgan fingerprint density at radius 1 is 1.26 bits per heavy atom. The van der Waals surface area contributed by atoms with E-state index in [1.807, 2.05) is 6.92 Å². The first-order valence-corrected chi connectivity index (χ1v) is 5.93. The molecular formula is C13H12ClF2N3. The van der Waals surface area contributed by atoms with Gasteiger partial charge in [-0.3, -0.25) is 10.8 Å². The van der Waals surface area contributed by atoms with Crippen molar-refractivity contribution in [3.05, 3.63) is 63.9 Å². The molecular weight excluding hydrogens is 272 g/mol. The molecule has 0 amide bonds. The summed E-state index contributed by atoms with van der Waals surface area (Å²) in [4.78, 5) is 3.97.